The van der Waals surface area contributed by atoms with Crippen LogP contribution in [0.25, 0.3) is 0 Å². The maximum absolute atomic E-state index is 13.2. The Morgan fingerprint density at radius 2 is 0.931 bits per heavy atom. The van der Waals surface area contributed by atoms with Crippen LogP contribution >= 0.6 is 0 Å². The molecular formula is C45H62N18O9. The highest BCUT2D eigenvalue weighted by atomic mass is 16.2. The molecule has 0 unspecified atom stereocenters. The number of imidazole rings is 3. The number of carbonyl (C=O) groups is 9. The maximum Gasteiger partial charge on any atom is 0.291 e. The van der Waals surface area contributed by atoms with Gasteiger partial charge in [0.1, 0.15) is 11.4 Å². The summed E-state index contributed by atoms with van der Waals surface area (Å²) in [6.45, 7) is 4.18. The number of nitrogens with zero attached hydrogens (tertiary/aromatic N) is 9. The third-order valence-electron chi connectivity index (χ3n) is 10.8. The van der Waals surface area contributed by atoms with Crippen LogP contribution in [0.4, 0.5) is 23.0 Å². The van der Waals surface area contributed by atoms with Crippen molar-refractivity contribution < 1.29 is 43.2 Å². The summed E-state index contributed by atoms with van der Waals surface area (Å²) >= 11 is 0. The Bertz CT molecular complexity index is 2780. The summed E-state index contributed by atoms with van der Waals surface area (Å²) < 4.78 is 7.42. The Morgan fingerprint density at radius 3 is 1.40 bits per heavy atom. The van der Waals surface area contributed by atoms with Gasteiger partial charge in [-0.25, -0.2) is 15.0 Å². The van der Waals surface area contributed by atoms with Crippen molar-refractivity contribution >= 4 is 76.2 Å². The zero-order valence-electron chi connectivity index (χ0n) is 41.3. The Morgan fingerprint density at radius 1 is 0.486 bits per heavy atom. The minimum Gasteiger partial charge on any atom is -0.356 e. The number of rotatable bonds is 26. The smallest absolute Gasteiger partial charge is 0.291 e. The van der Waals surface area contributed by atoms with Crippen LogP contribution in [-0.4, -0.2) is 149 Å². The summed E-state index contributed by atoms with van der Waals surface area (Å²) in [4.78, 5) is 128. The van der Waals surface area contributed by atoms with E-state index in [1.807, 2.05) is 7.05 Å². The summed E-state index contributed by atoms with van der Waals surface area (Å²) in [7, 11) is 10.0. The molecule has 0 fully saturated rings. The zero-order chi connectivity index (χ0) is 52.5. The molecule has 0 aliphatic rings. The molecule has 5 rings (SSSR count). The van der Waals surface area contributed by atoms with Gasteiger partial charge in [0.25, 0.3) is 29.5 Å². The normalized spacial score (nSPS) is 10.9. The highest BCUT2D eigenvalue weighted by molar-refractivity contribution is 6.04. The second kappa shape index (κ2) is 25.8. The molecule has 27 heteroatoms. The molecule has 9 N–H and O–H groups in total. The lowest BCUT2D eigenvalue weighted by atomic mass is 10.3. The van der Waals surface area contributed by atoms with Gasteiger partial charge in [0.2, 0.25) is 35.3 Å². The van der Waals surface area contributed by atoms with Crippen LogP contribution in [0.5, 0.6) is 0 Å². The fraction of sp³-hybridized carbons (Fsp3) is 0.422. The first-order chi connectivity index (χ1) is 34.3. The van der Waals surface area contributed by atoms with Crippen molar-refractivity contribution in [1.29, 1.82) is 0 Å². The minimum absolute atomic E-state index is 0.0182. The van der Waals surface area contributed by atoms with E-state index in [1.165, 1.54) is 62.1 Å². The van der Waals surface area contributed by atoms with Crippen LogP contribution in [0.2, 0.25) is 0 Å². The van der Waals surface area contributed by atoms with Gasteiger partial charge in [-0.2, -0.15) is 0 Å². The van der Waals surface area contributed by atoms with Crippen LogP contribution < -0.4 is 47.9 Å². The standard InChI is InChI=1S/C45H62N18O9/c1-28(64)46-13-8-19-58(2)20-9-14-47-35(65)10-15-51-43(70)39-56-33(26-62(39)6)54-36(66)11-16-50-42(69)32-23-30(25-61(32)5)53-45(72)40-57-34(27-63(40)7)55-37(67)12-17-49-41(68)31-22-29(24-60(31)4)52-44(71)38-48-18-21-59(38)3/h18,21-27H,8-17,19-20H2,1-7H3,(H,46,64)(H,47,65)(H,49,68)(H,50,69)(H,51,70)(H,52,71)(H,53,72)(H,54,66)(H,55,67). The zero-order valence-corrected chi connectivity index (χ0v) is 41.3. The molecule has 0 saturated heterocycles. The topological polar surface area (TPSA) is 328 Å². The van der Waals surface area contributed by atoms with Crippen molar-refractivity contribution in [3.63, 3.8) is 0 Å². The van der Waals surface area contributed by atoms with Crippen LogP contribution in [0.3, 0.4) is 0 Å². The highest BCUT2D eigenvalue weighted by Gasteiger charge is 2.21. The first-order valence-corrected chi connectivity index (χ1v) is 22.9. The molecule has 0 aliphatic heterocycles. The number of aromatic nitrogens is 8. The predicted octanol–water partition coefficient (Wildman–Crippen LogP) is -0.330. The third kappa shape index (κ3) is 16.2. The van der Waals surface area contributed by atoms with E-state index in [2.05, 4.69) is 67.7 Å². The van der Waals surface area contributed by atoms with Crippen molar-refractivity contribution in [1.82, 2.24) is 69.3 Å². The number of anilines is 4. The molecule has 386 valence electrons. The molecule has 0 aromatic carbocycles. The van der Waals surface area contributed by atoms with Gasteiger partial charge >= 0.3 is 0 Å². The lowest BCUT2D eigenvalue weighted by Gasteiger charge is -2.16. The van der Waals surface area contributed by atoms with Crippen molar-refractivity contribution in [2.45, 2.75) is 39.0 Å². The van der Waals surface area contributed by atoms with E-state index in [1.54, 1.807) is 52.2 Å². The molecule has 0 saturated carbocycles. The van der Waals surface area contributed by atoms with Gasteiger partial charge in [-0.3, -0.25) is 43.2 Å². The predicted molar refractivity (Wildman–Crippen MR) is 263 cm³/mol. The average Bonchev–Trinajstić information content (AvgIpc) is 4.15. The second-order valence-electron chi connectivity index (χ2n) is 16.8. The van der Waals surface area contributed by atoms with E-state index in [9.17, 15) is 43.2 Å². The van der Waals surface area contributed by atoms with Crippen molar-refractivity contribution in [3.8, 4) is 0 Å². The van der Waals surface area contributed by atoms with Crippen molar-refractivity contribution in [2.24, 2.45) is 35.2 Å². The van der Waals surface area contributed by atoms with Gasteiger partial charge in [0.15, 0.2) is 17.5 Å². The average molecular weight is 999 g/mol. The van der Waals surface area contributed by atoms with Crippen LogP contribution in [0.15, 0.2) is 49.3 Å². The highest BCUT2D eigenvalue weighted by Crippen LogP contribution is 2.17. The SMILES string of the molecule is CC(=O)NCCCN(C)CCCNC(=O)CCNC(=O)c1nc(NC(=O)CCNC(=O)c2cc(NC(=O)c3nc(NC(=O)CCNC(=O)c4cc(NC(=O)c5nccn5C)cn4C)cn3C)cn2C)cn1C. The number of nitrogens with one attached hydrogen (secondary N) is 9. The molecule has 72 heavy (non-hydrogen) atoms. The second-order valence-corrected chi connectivity index (χ2v) is 16.8. The van der Waals surface area contributed by atoms with E-state index < -0.39 is 41.4 Å². The van der Waals surface area contributed by atoms with E-state index in [0.717, 1.165) is 25.9 Å². The maximum atomic E-state index is 13.2. The molecule has 5 heterocycles. The van der Waals surface area contributed by atoms with Crippen LogP contribution in [0.1, 0.15) is 91.9 Å². The van der Waals surface area contributed by atoms with Crippen molar-refractivity contribution in [3.05, 3.63) is 78.2 Å². The third-order valence-corrected chi connectivity index (χ3v) is 10.8. The number of hydrogen-bond donors (Lipinski definition) is 9. The molecule has 0 radical (unpaired) electrons. The summed E-state index contributed by atoms with van der Waals surface area (Å²) in [5.74, 6) is -3.43. The fourth-order valence-electron chi connectivity index (χ4n) is 7.08. The fourth-order valence-corrected chi connectivity index (χ4v) is 7.08. The monoisotopic (exact) mass is 998 g/mol. The molecule has 0 atom stereocenters. The summed E-state index contributed by atoms with van der Waals surface area (Å²) in [5, 5.41) is 24.2. The largest absolute Gasteiger partial charge is 0.356 e. The van der Waals surface area contributed by atoms with E-state index in [4.69, 9.17) is 0 Å². The first kappa shape index (κ1) is 54.3. The Balaban J connectivity index is 0.974. The quantitative estimate of drug-likeness (QED) is 0.0321. The van der Waals surface area contributed by atoms with Gasteiger partial charge in [-0.15, -0.1) is 0 Å². The minimum atomic E-state index is -0.629. The summed E-state index contributed by atoms with van der Waals surface area (Å²) in [5.41, 5.74) is 1.09. The number of hydrogen-bond acceptors (Lipinski definition) is 13. The molecule has 0 bridgehead atoms. The summed E-state index contributed by atoms with van der Waals surface area (Å²) in [6, 6.07) is 2.94. The molecule has 27 nitrogen and oxygen atoms in total. The van der Waals surface area contributed by atoms with E-state index >= 15 is 0 Å². The van der Waals surface area contributed by atoms with Gasteiger partial charge in [0, 0.05) is 131 Å². The van der Waals surface area contributed by atoms with Gasteiger partial charge in [-0.05, 0) is 45.1 Å². The Hall–Kier alpha value is -8.62. The molecule has 9 amide bonds. The van der Waals surface area contributed by atoms with Gasteiger partial charge in [-0.1, -0.05) is 0 Å². The van der Waals surface area contributed by atoms with E-state index in [-0.39, 0.29) is 96.9 Å². The molecular weight excluding hydrogens is 937 g/mol. The van der Waals surface area contributed by atoms with Crippen LogP contribution in [-0.2, 0) is 54.4 Å². The van der Waals surface area contributed by atoms with Gasteiger partial charge in [0.05, 0.1) is 11.4 Å². The molecule has 0 spiro atoms. The van der Waals surface area contributed by atoms with Gasteiger partial charge < -0.3 is 75.6 Å². The lowest BCUT2D eigenvalue weighted by Crippen LogP contribution is -2.33. The summed E-state index contributed by atoms with van der Waals surface area (Å²) in [6.07, 6.45) is 10.5. The van der Waals surface area contributed by atoms with Crippen LogP contribution in [0, 0.1) is 0 Å². The molecule has 5 aromatic rings. The molecule has 5 aromatic heterocycles. The Kier molecular flexibility index (Phi) is 19.5. The molecule has 0 aliphatic carbocycles. The lowest BCUT2D eigenvalue weighted by molar-refractivity contribution is -0.121. The number of aryl methyl sites for hydroxylation is 5. The van der Waals surface area contributed by atoms with E-state index in [0.29, 0.717) is 18.8 Å². The van der Waals surface area contributed by atoms with Crippen molar-refractivity contribution in [2.75, 3.05) is 74.1 Å². The first-order valence-electron chi connectivity index (χ1n) is 22.9. The number of carbonyl (C=O) groups excluding carboxylic acids is 9. The number of amides is 9. The Labute approximate surface area is 414 Å².